The van der Waals surface area contributed by atoms with Crippen molar-refractivity contribution >= 4 is 35.2 Å². The van der Waals surface area contributed by atoms with Crippen molar-refractivity contribution in [2.24, 2.45) is 11.8 Å². The topological polar surface area (TPSA) is 143 Å². The second-order valence-electron chi connectivity index (χ2n) is 8.19. The molecule has 1 aromatic heterocycles. The molecule has 0 radical (unpaired) electrons. The molecule has 188 valence electrons. The van der Waals surface area contributed by atoms with Gasteiger partial charge in [0.1, 0.15) is 11.8 Å². The van der Waals surface area contributed by atoms with Gasteiger partial charge in [0, 0.05) is 37.6 Å². The van der Waals surface area contributed by atoms with Gasteiger partial charge in [0.05, 0.1) is 36.6 Å². The molecule has 3 rings (SSSR count). The molecule has 1 aliphatic heterocycles. The maximum Gasteiger partial charge on any atom is 0.238 e. The van der Waals surface area contributed by atoms with Gasteiger partial charge in [0.2, 0.25) is 11.8 Å². The van der Waals surface area contributed by atoms with E-state index in [9.17, 15) is 23.6 Å². The molecule has 1 saturated carbocycles. The minimum absolute atomic E-state index is 0.152. The van der Waals surface area contributed by atoms with E-state index in [2.05, 4.69) is 27.0 Å². The number of carbonyl (C=O) groups is 2. The average molecular weight is 508 g/mol. The van der Waals surface area contributed by atoms with E-state index < -0.39 is 46.7 Å². The van der Waals surface area contributed by atoms with Crippen molar-refractivity contribution in [2.75, 3.05) is 44.0 Å². The van der Waals surface area contributed by atoms with Gasteiger partial charge in [-0.3, -0.25) is 9.59 Å². The highest BCUT2D eigenvalue weighted by Crippen LogP contribution is 2.51. The zero-order valence-corrected chi connectivity index (χ0v) is 20.4. The Bertz CT molecular complexity index is 1050. The predicted octanol–water partition coefficient (Wildman–Crippen LogP) is 1.33. The van der Waals surface area contributed by atoms with Crippen molar-refractivity contribution in [1.29, 1.82) is 10.5 Å². The summed E-state index contributed by atoms with van der Waals surface area (Å²) >= 11 is 1.25. The fourth-order valence-electron chi connectivity index (χ4n) is 4.43. The zero-order chi connectivity index (χ0) is 25.7. The van der Waals surface area contributed by atoms with Crippen LogP contribution in [0.3, 0.4) is 0 Å². The summed E-state index contributed by atoms with van der Waals surface area (Å²) in [4.78, 5) is 31.5. The van der Waals surface area contributed by atoms with Crippen LogP contribution in [-0.2, 0) is 14.3 Å². The smallest absolute Gasteiger partial charge is 0.238 e. The number of carbonyl (C=O) groups excluding carboxylic acids is 2. The predicted molar refractivity (Wildman–Crippen MR) is 125 cm³/mol. The number of hydrogen-bond donors (Lipinski definition) is 3. The van der Waals surface area contributed by atoms with Crippen molar-refractivity contribution in [1.82, 2.24) is 15.2 Å². The quantitative estimate of drug-likeness (QED) is 0.316. The van der Waals surface area contributed by atoms with Crippen LogP contribution in [0, 0.1) is 46.1 Å². The number of nitrogens with zero attached hydrogens (tertiary/aromatic N) is 4. The van der Waals surface area contributed by atoms with Gasteiger partial charge in [-0.05, 0) is 13.8 Å². The first-order valence-corrected chi connectivity index (χ1v) is 12.1. The summed E-state index contributed by atoms with van der Waals surface area (Å²) in [5.41, 5.74) is 0. The third-order valence-corrected chi connectivity index (χ3v) is 7.91. The SMILES string of the molecule is CCN1C(=O)C(C(C)Nc2nc(NCCOC)c(F)cc2F)SC2C(C(=O)NCC#N)C(C#N)C21. The van der Waals surface area contributed by atoms with Crippen LogP contribution in [0.25, 0.3) is 0 Å². The fourth-order valence-corrected chi connectivity index (χ4v) is 6.26. The minimum Gasteiger partial charge on any atom is -0.383 e. The van der Waals surface area contributed by atoms with E-state index in [0.717, 1.165) is 0 Å². The Hall–Kier alpha value is -3.16. The first-order valence-electron chi connectivity index (χ1n) is 11.1. The normalized spacial score (nSPS) is 26.0. The van der Waals surface area contributed by atoms with Crippen LogP contribution < -0.4 is 16.0 Å². The first-order chi connectivity index (χ1) is 16.8. The lowest BCUT2D eigenvalue weighted by atomic mass is 9.67. The maximum absolute atomic E-state index is 14.5. The molecule has 1 aliphatic carbocycles. The molecule has 3 N–H and O–H groups in total. The number of ether oxygens (including phenoxy) is 1. The van der Waals surface area contributed by atoms with Gasteiger partial charge in [0.15, 0.2) is 23.3 Å². The Kier molecular flexibility index (Phi) is 8.70. The average Bonchev–Trinajstić information content (AvgIpc) is 2.82. The minimum atomic E-state index is -0.910. The van der Waals surface area contributed by atoms with Crippen molar-refractivity contribution in [3.63, 3.8) is 0 Å². The molecule has 13 heteroatoms. The number of aromatic nitrogens is 1. The molecule has 35 heavy (non-hydrogen) atoms. The standard InChI is InChI=1S/C22H27F2N7O3S/c1-4-31-16-12(10-26)15(21(32)28-6-5-25)18(16)35-17(22(31)33)11(2)29-20-14(24)9-13(23)19(30-20)27-7-8-34-3/h9,11-12,15-18H,4,6-8H2,1-3H3,(H,28,32)(H2,27,29,30). The molecule has 0 aromatic carbocycles. The fraction of sp³-hybridized carbons (Fsp3) is 0.591. The van der Waals surface area contributed by atoms with Crippen molar-refractivity contribution < 1.29 is 23.1 Å². The number of fused-ring (bicyclic) bond motifs is 1. The Morgan fingerprint density at radius 1 is 1.34 bits per heavy atom. The van der Waals surface area contributed by atoms with Gasteiger partial charge >= 0.3 is 0 Å². The summed E-state index contributed by atoms with van der Waals surface area (Å²) in [5, 5.41) is 25.5. The van der Waals surface area contributed by atoms with Crippen LogP contribution in [0.5, 0.6) is 0 Å². The number of nitrogens with one attached hydrogen (secondary N) is 3. The molecule has 1 aromatic rings. The summed E-state index contributed by atoms with van der Waals surface area (Å²) < 4.78 is 33.5. The molecule has 2 heterocycles. The Balaban J connectivity index is 1.80. The van der Waals surface area contributed by atoms with Crippen LogP contribution in [0.1, 0.15) is 13.8 Å². The van der Waals surface area contributed by atoms with Crippen LogP contribution in [-0.4, -0.2) is 77.6 Å². The van der Waals surface area contributed by atoms with Gasteiger partial charge in [0.25, 0.3) is 0 Å². The number of nitriles is 2. The number of amides is 2. The van der Waals surface area contributed by atoms with Gasteiger partial charge in [-0.25, -0.2) is 13.8 Å². The van der Waals surface area contributed by atoms with E-state index in [0.29, 0.717) is 19.2 Å². The van der Waals surface area contributed by atoms with Gasteiger partial charge in [-0.1, -0.05) is 0 Å². The Morgan fingerprint density at radius 2 is 2.06 bits per heavy atom. The number of thioether (sulfide) groups is 1. The molecular formula is C22H27F2N7O3S. The van der Waals surface area contributed by atoms with Crippen molar-refractivity contribution in [3.05, 3.63) is 17.7 Å². The molecule has 0 spiro atoms. The lowest BCUT2D eigenvalue weighted by Crippen LogP contribution is -2.71. The number of halogens is 2. The maximum atomic E-state index is 14.5. The highest BCUT2D eigenvalue weighted by atomic mass is 32.2. The van der Waals surface area contributed by atoms with E-state index in [4.69, 9.17) is 10.00 Å². The highest BCUT2D eigenvalue weighted by Gasteiger charge is 2.62. The molecular weight excluding hydrogens is 480 g/mol. The molecule has 6 unspecified atom stereocenters. The van der Waals surface area contributed by atoms with Gasteiger partial charge < -0.3 is 25.6 Å². The molecule has 2 aliphatic rings. The lowest BCUT2D eigenvalue weighted by Gasteiger charge is -2.56. The number of rotatable bonds is 10. The van der Waals surface area contributed by atoms with E-state index in [1.165, 1.54) is 18.9 Å². The van der Waals surface area contributed by atoms with E-state index in [1.807, 2.05) is 6.07 Å². The number of hydrogen-bond acceptors (Lipinski definition) is 9. The van der Waals surface area contributed by atoms with E-state index >= 15 is 0 Å². The zero-order valence-electron chi connectivity index (χ0n) is 19.5. The summed E-state index contributed by atoms with van der Waals surface area (Å²) in [7, 11) is 1.49. The largest absolute Gasteiger partial charge is 0.383 e. The second kappa shape index (κ2) is 11.5. The number of anilines is 2. The molecule has 6 atom stereocenters. The van der Waals surface area contributed by atoms with E-state index in [-0.39, 0.29) is 35.9 Å². The Labute approximate surface area is 206 Å². The third-order valence-electron chi connectivity index (χ3n) is 6.12. The van der Waals surface area contributed by atoms with Crippen LogP contribution in [0.4, 0.5) is 20.4 Å². The van der Waals surface area contributed by atoms with Gasteiger partial charge in [-0.2, -0.15) is 10.5 Å². The third kappa shape index (κ3) is 5.26. The summed E-state index contributed by atoms with van der Waals surface area (Å²) in [5.74, 6) is -4.15. The second-order valence-corrected chi connectivity index (χ2v) is 9.52. The number of methoxy groups -OCH3 is 1. The van der Waals surface area contributed by atoms with Crippen LogP contribution >= 0.6 is 11.8 Å². The van der Waals surface area contributed by atoms with E-state index in [1.54, 1.807) is 18.7 Å². The monoisotopic (exact) mass is 507 g/mol. The van der Waals surface area contributed by atoms with Gasteiger partial charge in [-0.15, -0.1) is 11.8 Å². The lowest BCUT2D eigenvalue weighted by molar-refractivity contribution is -0.144. The molecule has 1 saturated heterocycles. The number of pyridine rings is 1. The molecule has 2 fully saturated rings. The van der Waals surface area contributed by atoms with Crippen molar-refractivity contribution in [2.45, 2.75) is 36.4 Å². The molecule has 2 amide bonds. The molecule has 0 bridgehead atoms. The Morgan fingerprint density at radius 3 is 2.69 bits per heavy atom. The summed E-state index contributed by atoms with van der Waals surface area (Å²) in [6.45, 7) is 4.19. The molecule has 10 nitrogen and oxygen atoms in total. The van der Waals surface area contributed by atoms with Crippen LogP contribution in [0.2, 0.25) is 0 Å². The highest BCUT2D eigenvalue weighted by molar-refractivity contribution is 8.01. The first kappa shape index (κ1) is 26.4. The van der Waals surface area contributed by atoms with Crippen molar-refractivity contribution in [3.8, 4) is 12.1 Å². The summed E-state index contributed by atoms with van der Waals surface area (Å²) in [6, 6.07) is 3.62. The van der Waals surface area contributed by atoms with Crippen LogP contribution in [0.15, 0.2) is 6.07 Å². The summed E-state index contributed by atoms with van der Waals surface area (Å²) in [6.07, 6.45) is 0.